The summed E-state index contributed by atoms with van der Waals surface area (Å²) in [6, 6.07) is 0.0695. The molecule has 1 fully saturated rings. The van der Waals surface area contributed by atoms with E-state index in [2.05, 4.69) is 15.3 Å². The Morgan fingerprint density at radius 3 is 3.00 bits per heavy atom. The number of sulfone groups is 1. The fraction of sp³-hybridized carbons (Fsp3) is 0.700. The average molecular weight is 243 g/mol. The van der Waals surface area contributed by atoms with Gasteiger partial charge in [0, 0.05) is 24.7 Å². The third-order valence-corrected chi connectivity index (χ3v) is 4.75. The molecule has 2 atom stereocenters. The Morgan fingerprint density at radius 2 is 2.38 bits per heavy atom. The number of imidazole rings is 1. The molecule has 1 aromatic rings. The van der Waals surface area contributed by atoms with Crippen LogP contribution >= 0.6 is 0 Å². The molecule has 0 radical (unpaired) electrons. The van der Waals surface area contributed by atoms with Gasteiger partial charge in [0.25, 0.3) is 0 Å². The SMILES string of the molecule is CS(=O)(=O)C1CCCC1NCc1ncc[nH]1. The van der Waals surface area contributed by atoms with Crippen molar-refractivity contribution in [2.75, 3.05) is 6.26 Å². The maximum Gasteiger partial charge on any atom is 0.151 e. The molecule has 2 N–H and O–H groups in total. The van der Waals surface area contributed by atoms with Crippen LogP contribution in [0.4, 0.5) is 0 Å². The highest BCUT2D eigenvalue weighted by atomic mass is 32.2. The van der Waals surface area contributed by atoms with Crippen molar-refractivity contribution < 1.29 is 8.42 Å². The van der Waals surface area contributed by atoms with Crippen LogP contribution < -0.4 is 5.32 Å². The summed E-state index contributed by atoms with van der Waals surface area (Å²) in [6.45, 7) is 0.601. The highest BCUT2D eigenvalue weighted by molar-refractivity contribution is 7.91. The summed E-state index contributed by atoms with van der Waals surface area (Å²) in [5.74, 6) is 0.846. The Morgan fingerprint density at radius 1 is 1.56 bits per heavy atom. The molecule has 16 heavy (non-hydrogen) atoms. The number of H-pyrrole nitrogens is 1. The van der Waals surface area contributed by atoms with Gasteiger partial charge in [-0.2, -0.15) is 0 Å². The average Bonchev–Trinajstić information content (AvgIpc) is 2.85. The van der Waals surface area contributed by atoms with E-state index >= 15 is 0 Å². The number of aromatic amines is 1. The first-order valence-corrected chi connectivity index (χ1v) is 7.43. The largest absolute Gasteiger partial charge is 0.348 e. The van der Waals surface area contributed by atoms with E-state index in [1.807, 2.05) is 0 Å². The van der Waals surface area contributed by atoms with Crippen LogP contribution in [0.3, 0.4) is 0 Å². The van der Waals surface area contributed by atoms with Crippen molar-refractivity contribution >= 4 is 9.84 Å². The van der Waals surface area contributed by atoms with Gasteiger partial charge >= 0.3 is 0 Å². The lowest BCUT2D eigenvalue weighted by Gasteiger charge is -2.18. The van der Waals surface area contributed by atoms with Gasteiger partial charge in [0.1, 0.15) is 5.82 Å². The summed E-state index contributed by atoms with van der Waals surface area (Å²) in [5, 5.41) is 3.03. The normalized spacial score (nSPS) is 26.1. The first kappa shape index (κ1) is 11.6. The molecule has 0 spiro atoms. The van der Waals surface area contributed by atoms with Crippen molar-refractivity contribution in [2.24, 2.45) is 0 Å². The predicted molar refractivity (Wildman–Crippen MR) is 61.7 cm³/mol. The predicted octanol–water partition coefficient (Wildman–Crippen LogP) is 0.465. The quantitative estimate of drug-likeness (QED) is 0.806. The number of rotatable bonds is 4. The van der Waals surface area contributed by atoms with E-state index in [1.54, 1.807) is 12.4 Å². The Labute approximate surface area is 95.6 Å². The van der Waals surface area contributed by atoms with E-state index in [0.29, 0.717) is 6.54 Å². The molecule has 1 aromatic heterocycles. The minimum atomic E-state index is -2.94. The number of nitrogens with zero attached hydrogens (tertiary/aromatic N) is 1. The van der Waals surface area contributed by atoms with Gasteiger partial charge in [-0.1, -0.05) is 6.42 Å². The summed E-state index contributed by atoms with van der Waals surface area (Å²) >= 11 is 0. The van der Waals surface area contributed by atoms with E-state index < -0.39 is 9.84 Å². The number of hydrogen-bond donors (Lipinski definition) is 2. The van der Waals surface area contributed by atoms with E-state index in [4.69, 9.17) is 0 Å². The molecule has 5 nitrogen and oxygen atoms in total. The fourth-order valence-electron chi connectivity index (χ4n) is 2.29. The second kappa shape index (κ2) is 4.55. The van der Waals surface area contributed by atoms with Crippen molar-refractivity contribution in [3.8, 4) is 0 Å². The summed E-state index contributed by atoms with van der Waals surface area (Å²) < 4.78 is 23.1. The number of aromatic nitrogens is 2. The van der Waals surface area contributed by atoms with E-state index in [1.165, 1.54) is 6.26 Å². The van der Waals surface area contributed by atoms with Gasteiger partial charge in [0.05, 0.1) is 11.8 Å². The van der Waals surface area contributed by atoms with Gasteiger partial charge in [-0.05, 0) is 12.8 Å². The third kappa shape index (κ3) is 2.62. The first-order valence-electron chi connectivity index (χ1n) is 5.48. The van der Waals surface area contributed by atoms with Gasteiger partial charge in [-0.25, -0.2) is 13.4 Å². The molecule has 1 heterocycles. The molecule has 0 bridgehead atoms. The molecule has 2 rings (SSSR count). The van der Waals surface area contributed by atoms with Gasteiger partial charge in [-0.3, -0.25) is 0 Å². The standard InChI is InChI=1S/C10H17N3O2S/c1-16(14,15)9-4-2-3-8(9)13-7-10-11-5-6-12-10/h5-6,8-9,13H,2-4,7H2,1H3,(H,11,12). The molecule has 0 aliphatic heterocycles. The van der Waals surface area contributed by atoms with Gasteiger partial charge in [-0.15, -0.1) is 0 Å². The minimum absolute atomic E-state index is 0.0695. The zero-order valence-electron chi connectivity index (χ0n) is 9.31. The van der Waals surface area contributed by atoms with Gasteiger partial charge in [0.2, 0.25) is 0 Å². The summed E-state index contributed by atoms with van der Waals surface area (Å²) in [6.07, 6.45) is 7.46. The molecule has 1 saturated carbocycles. The molecule has 2 unspecified atom stereocenters. The second-order valence-corrected chi connectivity index (χ2v) is 6.59. The lowest BCUT2D eigenvalue weighted by atomic mass is 10.2. The Balaban J connectivity index is 1.94. The lowest BCUT2D eigenvalue weighted by Crippen LogP contribution is -2.39. The molecular formula is C10H17N3O2S. The monoisotopic (exact) mass is 243 g/mol. The van der Waals surface area contributed by atoms with Crippen LogP contribution in [0.2, 0.25) is 0 Å². The van der Waals surface area contributed by atoms with Crippen LogP contribution in [-0.2, 0) is 16.4 Å². The molecule has 6 heteroatoms. The molecular weight excluding hydrogens is 226 g/mol. The molecule has 0 aromatic carbocycles. The summed E-state index contributed by atoms with van der Waals surface area (Å²) in [7, 11) is -2.94. The van der Waals surface area contributed by atoms with Crippen LogP contribution in [0, 0.1) is 0 Å². The number of nitrogens with one attached hydrogen (secondary N) is 2. The molecule has 0 amide bonds. The fourth-order valence-corrected chi connectivity index (χ4v) is 3.72. The lowest BCUT2D eigenvalue weighted by molar-refractivity contribution is 0.501. The van der Waals surface area contributed by atoms with Gasteiger partial charge in [0.15, 0.2) is 9.84 Å². The van der Waals surface area contributed by atoms with Crippen molar-refractivity contribution in [2.45, 2.75) is 37.1 Å². The van der Waals surface area contributed by atoms with Crippen LogP contribution in [0.25, 0.3) is 0 Å². The Bertz CT molecular complexity index is 427. The summed E-state index contributed by atoms with van der Waals surface area (Å²) in [5.41, 5.74) is 0. The maximum absolute atomic E-state index is 11.5. The smallest absolute Gasteiger partial charge is 0.151 e. The topological polar surface area (TPSA) is 74.8 Å². The molecule has 0 saturated heterocycles. The highest BCUT2D eigenvalue weighted by Crippen LogP contribution is 2.25. The van der Waals surface area contributed by atoms with Gasteiger partial charge < -0.3 is 10.3 Å². The Hall–Kier alpha value is -0.880. The van der Waals surface area contributed by atoms with Crippen molar-refractivity contribution in [3.05, 3.63) is 18.2 Å². The minimum Gasteiger partial charge on any atom is -0.348 e. The second-order valence-electron chi connectivity index (χ2n) is 4.32. The zero-order valence-corrected chi connectivity index (χ0v) is 10.1. The van der Waals surface area contributed by atoms with E-state index in [0.717, 1.165) is 25.1 Å². The third-order valence-electron chi connectivity index (χ3n) is 3.09. The van der Waals surface area contributed by atoms with Crippen molar-refractivity contribution in [1.82, 2.24) is 15.3 Å². The summed E-state index contributed by atoms with van der Waals surface area (Å²) in [4.78, 5) is 7.09. The Kier molecular flexibility index (Phi) is 3.30. The van der Waals surface area contributed by atoms with E-state index in [-0.39, 0.29) is 11.3 Å². The first-order chi connectivity index (χ1) is 7.57. The van der Waals surface area contributed by atoms with Crippen LogP contribution in [0.15, 0.2) is 12.4 Å². The molecule has 90 valence electrons. The highest BCUT2D eigenvalue weighted by Gasteiger charge is 2.34. The zero-order chi connectivity index (χ0) is 11.6. The molecule has 1 aliphatic rings. The molecule has 1 aliphatic carbocycles. The number of hydrogen-bond acceptors (Lipinski definition) is 4. The van der Waals surface area contributed by atoms with Crippen molar-refractivity contribution in [1.29, 1.82) is 0 Å². The van der Waals surface area contributed by atoms with Crippen LogP contribution in [0.5, 0.6) is 0 Å². The maximum atomic E-state index is 11.5. The van der Waals surface area contributed by atoms with E-state index in [9.17, 15) is 8.42 Å². The van der Waals surface area contributed by atoms with Crippen LogP contribution in [-0.4, -0.2) is 35.9 Å². The van der Waals surface area contributed by atoms with Crippen molar-refractivity contribution in [3.63, 3.8) is 0 Å². The van der Waals surface area contributed by atoms with Crippen LogP contribution in [0.1, 0.15) is 25.1 Å².